The average Bonchev–Trinajstić information content (AvgIpc) is 2.81. The largest absolute Gasteiger partial charge is 0.497 e. The lowest BCUT2D eigenvalue weighted by Gasteiger charge is -2.15. The molecule has 3 aromatic carbocycles. The van der Waals surface area contributed by atoms with Crippen molar-refractivity contribution in [2.45, 2.75) is 26.4 Å². The first kappa shape index (κ1) is 20.7. The maximum Gasteiger partial charge on any atom is 0.256 e. The molecule has 0 saturated heterocycles. The van der Waals surface area contributed by atoms with Gasteiger partial charge in [-0.05, 0) is 65.4 Å². The van der Waals surface area contributed by atoms with Crippen molar-refractivity contribution in [3.8, 4) is 5.75 Å². The zero-order chi connectivity index (χ0) is 21.8. The molecule has 0 aliphatic heterocycles. The first-order chi connectivity index (χ1) is 15.1. The third-order valence-corrected chi connectivity index (χ3v) is 5.48. The van der Waals surface area contributed by atoms with E-state index in [4.69, 9.17) is 4.74 Å². The highest BCUT2D eigenvalue weighted by atomic mass is 19.1. The number of rotatable bonds is 7. The lowest BCUT2D eigenvalue weighted by atomic mass is 10.1. The Morgan fingerprint density at radius 2 is 1.65 bits per heavy atom. The molecule has 1 heterocycles. The van der Waals surface area contributed by atoms with Crippen molar-refractivity contribution >= 4 is 16.6 Å². The van der Waals surface area contributed by atoms with E-state index in [0.717, 1.165) is 28.6 Å². The predicted molar refractivity (Wildman–Crippen MR) is 123 cm³/mol. The number of aromatic nitrogens is 1. The summed E-state index contributed by atoms with van der Waals surface area (Å²) in [5.74, 6) is 0.385. The molecule has 0 atom stereocenters. The minimum Gasteiger partial charge on any atom is -0.497 e. The third-order valence-electron chi connectivity index (χ3n) is 5.48. The Balaban J connectivity index is 1.72. The van der Waals surface area contributed by atoms with Crippen molar-refractivity contribution in [2.75, 3.05) is 12.4 Å². The van der Waals surface area contributed by atoms with Gasteiger partial charge in [0.2, 0.25) is 0 Å². The summed E-state index contributed by atoms with van der Waals surface area (Å²) < 4.78 is 20.4. The van der Waals surface area contributed by atoms with E-state index in [2.05, 4.69) is 24.4 Å². The number of pyridine rings is 1. The van der Waals surface area contributed by atoms with Crippen molar-refractivity contribution in [3.05, 3.63) is 106 Å². The topological polar surface area (TPSA) is 43.3 Å². The molecule has 0 spiro atoms. The fraction of sp³-hybridized carbons (Fsp3) is 0.192. The van der Waals surface area contributed by atoms with Crippen LogP contribution >= 0.6 is 0 Å². The minimum absolute atomic E-state index is 0.0808. The quantitative estimate of drug-likeness (QED) is 0.440. The molecule has 1 N–H and O–H groups in total. The highest BCUT2D eigenvalue weighted by Crippen LogP contribution is 2.22. The fourth-order valence-corrected chi connectivity index (χ4v) is 3.65. The normalized spacial score (nSPS) is 10.9. The lowest BCUT2D eigenvalue weighted by molar-refractivity contribution is 0.415. The van der Waals surface area contributed by atoms with E-state index in [1.807, 2.05) is 36.4 Å². The van der Waals surface area contributed by atoms with Crippen molar-refractivity contribution in [1.29, 1.82) is 0 Å². The van der Waals surface area contributed by atoms with Gasteiger partial charge >= 0.3 is 0 Å². The van der Waals surface area contributed by atoms with Crippen LogP contribution in [0.15, 0.2) is 77.6 Å². The standard InChI is InChI=1S/C26H25FN2O2/c1-3-18-6-11-23(12-7-18)28-16-21-14-20-8-13-24(31-2)15-25(20)29(26(21)30)17-19-4-9-22(27)10-5-19/h4-15,28H,3,16-17H2,1-2H3. The van der Waals surface area contributed by atoms with Gasteiger partial charge in [0, 0.05) is 23.9 Å². The van der Waals surface area contributed by atoms with Gasteiger partial charge in [-0.15, -0.1) is 0 Å². The van der Waals surface area contributed by atoms with Crippen LogP contribution in [0, 0.1) is 5.82 Å². The summed E-state index contributed by atoms with van der Waals surface area (Å²) in [4.78, 5) is 13.4. The van der Waals surface area contributed by atoms with Gasteiger partial charge in [0.25, 0.3) is 5.56 Å². The molecule has 0 unspecified atom stereocenters. The molecule has 0 aliphatic rings. The Labute approximate surface area is 180 Å². The van der Waals surface area contributed by atoms with Gasteiger partial charge in [0.05, 0.1) is 19.2 Å². The Hall–Kier alpha value is -3.60. The Morgan fingerprint density at radius 1 is 0.935 bits per heavy atom. The van der Waals surface area contributed by atoms with E-state index in [9.17, 15) is 9.18 Å². The van der Waals surface area contributed by atoms with E-state index in [-0.39, 0.29) is 11.4 Å². The third kappa shape index (κ3) is 4.61. The van der Waals surface area contributed by atoms with Crippen LogP contribution in [0.3, 0.4) is 0 Å². The van der Waals surface area contributed by atoms with Crippen molar-refractivity contribution in [2.24, 2.45) is 0 Å². The number of anilines is 1. The number of benzene rings is 3. The molecule has 4 aromatic rings. The molecular weight excluding hydrogens is 391 g/mol. The molecule has 31 heavy (non-hydrogen) atoms. The number of aryl methyl sites for hydroxylation is 1. The number of ether oxygens (including phenoxy) is 1. The summed E-state index contributed by atoms with van der Waals surface area (Å²) >= 11 is 0. The zero-order valence-corrected chi connectivity index (χ0v) is 17.7. The second-order valence-corrected chi connectivity index (χ2v) is 7.52. The number of hydrogen-bond donors (Lipinski definition) is 1. The maximum absolute atomic E-state index is 13.4. The fourth-order valence-electron chi connectivity index (χ4n) is 3.65. The SMILES string of the molecule is CCc1ccc(NCc2cc3ccc(OC)cc3n(Cc3ccc(F)cc3)c2=O)cc1. The van der Waals surface area contributed by atoms with Crippen LogP contribution in [0.1, 0.15) is 23.6 Å². The molecule has 0 saturated carbocycles. The minimum atomic E-state index is -0.297. The summed E-state index contributed by atoms with van der Waals surface area (Å²) in [7, 11) is 1.60. The Kier molecular flexibility index (Phi) is 6.03. The number of nitrogens with one attached hydrogen (secondary N) is 1. The Bertz CT molecular complexity index is 1250. The van der Waals surface area contributed by atoms with Crippen LogP contribution in [0.25, 0.3) is 10.9 Å². The van der Waals surface area contributed by atoms with Crippen molar-refractivity contribution in [1.82, 2.24) is 4.57 Å². The van der Waals surface area contributed by atoms with Gasteiger partial charge in [-0.3, -0.25) is 4.79 Å². The molecule has 5 heteroatoms. The predicted octanol–water partition coefficient (Wildman–Crippen LogP) is 5.37. The van der Waals surface area contributed by atoms with Crippen LogP contribution in [0.2, 0.25) is 0 Å². The lowest BCUT2D eigenvalue weighted by Crippen LogP contribution is -2.26. The van der Waals surface area contributed by atoms with E-state index in [1.165, 1.54) is 17.7 Å². The van der Waals surface area contributed by atoms with Gasteiger partial charge in [0.1, 0.15) is 11.6 Å². The van der Waals surface area contributed by atoms with Gasteiger partial charge in [-0.25, -0.2) is 4.39 Å². The smallest absolute Gasteiger partial charge is 0.256 e. The molecule has 0 fully saturated rings. The van der Waals surface area contributed by atoms with Crippen LogP contribution in [0.5, 0.6) is 5.75 Å². The highest BCUT2D eigenvalue weighted by Gasteiger charge is 2.11. The molecule has 4 rings (SSSR count). The average molecular weight is 416 g/mol. The second kappa shape index (κ2) is 9.04. The van der Waals surface area contributed by atoms with Crippen LogP contribution in [-0.4, -0.2) is 11.7 Å². The van der Waals surface area contributed by atoms with E-state index < -0.39 is 0 Å². The summed E-state index contributed by atoms with van der Waals surface area (Å²) in [5.41, 5.74) is 4.46. The van der Waals surface area contributed by atoms with Gasteiger partial charge in [-0.1, -0.05) is 31.2 Å². The molecular formula is C26H25FN2O2. The van der Waals surface area contributed by atoms with Gasteiger partial charge in [-0.2, -0.15) is 0 Å². The zero-order valence-electron chi connectivity index (χ0n) is 17.7. The number of nitrogens with zero attached hydrogens (tertiary/aromatic N) is 1. The van der Waals surface area contributed by atoms with Crippen LogP contribution < -0.4 is 15.6 Å². The molecule has 158 valence electrons. The molecule has 0 bridgehead atoms. The number of methoxy groups -OCH3 is 1. The van der Waals surface area contributed by atoms with Gasteiger partial charge in [0.15, 0.2) is 0 Å². The molecule has 1 aromatic heterocycles. The summed E-state index contributed by atoms with van der Waals surface area (Å²) in [6.07, 6.45) is 0.989. The summed E-state index contributed by atoms with van der Waals surface area (Å²) in [6.45, 7) is 2.88. The van der Waals surface area contributed by atoms with Crippen LogP contribution in [-0.2, 0) is 19.5 Å². The number of hydrogen-bond acceptors (Lipinski definition) is 3. The molecule has 0 amide bonds. The highest BCUT2D eigenvalue weighted by molar-refractivity contribution is 5.81. The van der Waals surface area contributed by atoms with E-state index >= 15 is 0 Å². The summed E-state index contributed by atoms with van der Waals surface area (Å²) in [5, 5.41) is 4.30. The first-order valence-electron chi connectivity index (χ1n) is 10.3. The summed E-state index contributed by atoms with van der Waals surface area (Å²) in [6, 6.07) is 22.1. The van der Waals surface area contributed by atoms with E-state index in [0.29, 0.717) is 24.4 Å². The van der Waals surface area contributed by atoms with E-state index in [1.54, 1.807) is 23.8 Å². The number of halogens is 1. The molecule has 0 aliphatic carbocycles. The molecule has 4 nitrogen and oxygen atoms in total. The Morgan fingerprint density at radius 3 is 2.32 bits per heavy atom. The second-order valence-electron chi connectivity index (χ2n) is 7.52. The van der Waals surface area contributed by atoms with Crippen LogP contribution in [0.4, 0.5) is 10.1 Å². The molecule has 0 radical (unpaired) electrons. The van der Waals surface area contributed by atoms with Crippen molar-refractivity contribution in [3.63, 3.8) is 0 Å². The van der Waals surface area contributed by atoms with Gasteiger partial charge < -0.3 is 14.6 Å². The number of fused-ring (bicyclic) bond motifs is 1. The van der Waals surface area contributed by atoms with Crippen molar-refractivity contribution < 1.29 is 9.13 Å². The maximum atomic E-state index is 13.4. The first-order valence-corrected chi connectivity index (χ1v) is 10.3. The monoisotopic (exact) mass is 416 g/mol.